The molecule has 0 aromatic heterocycles. The lowest BCUT2D eigenvalue weighted by Crippen LogP contribution is -2.35. The third kappa shape index (κ3) is 3.95. The molecular formula is C14H20ClNO2. The van der Waals surface area contributed by atoms with Gasteiger partial charge in [-0.1, -0.05) is 23.7 Å². The fraction of sp³-hybridized carbons (Fsp3) is 0.571. The van der Waals surface area contributed by atoms with Crippen molar-refractivity contribution >= 4 is 11.6 Å². The Kier molecular flexibility index (Phi) is 5.01. The summed E-state index contributed by atoms with van der Waals surface area (Å²) in [5.74, 6) is 0. The molecule has 1 fully saturated rings. The molecule has 0 bridgehead atoms. The molecule has 3 nitrogen and oxygen atoms in total. The van der Waals surface area contributed by atoms with Crippen LogP contribution in [0.3, 0.4) is 0 Å². The highest BCUT2D eigenvalue weighted by Crippen LogP contribution is 2.21. The summed E-state index contributed by atoms with van der Waals surface area (Å²) in [4.78, 5) is 2.35. The fourth-order valence-electron chi connectivity index (χ4n) is 2.19. The molecule has 1 unspecified atom stereocenters. The summed E-state index contributed by atoms with van der Waals surface area (Å²) in [5.41, 5.74) is 2.23. The highest BCUT2D eigenvalue weighted by molar-refractivity contribution is 6.31. The van der Waals surface area contributed by atoms with Crippen LogP contribution in [0.4, 0.5) is 0 Å². The molecule has 1 atom stereocenters. The molecule has 4 heteroatoms. The molecule has 0 amide bonds. The minimum absolute atomic E-state index is 0.328. The summed E-state index contributed by atoms with van der Waals surface area (Å²) in [5, 5.41) is 10.2. The van der Waals surface area contributed by atoms with Crippen LogP contribution < -0.4 is 0 Å². The van der Waals surface area contributed by atoms with Crippen LogP contribution in [-0.4, -0.2) is 42.4 Å². The first-order valence-electron chi connectivity index (χ1n) is 6.40. The average Bonchev–Trinajstić information content (AvgIpc) is 2.33. The maximum absolute atomic E-state index is 9.36. The number of hydrogen-bond acceptors (Lipinski definition) is 3. The Morgan fingerprint density at radius 3 is 2.72 bits per heavy atom. The topological polar surface area (TPSA) is 32.7 Å². The number of hydrogen-bond donors (Lipinski definition) is 1. The molecule has 0 aliphatic carbocycles. The number of morpholine rings is 1. The van der Waals surface area contributed by atoms with Gasteiger partial charge in [-0.3, -0.25) is 4.90 Å². The summed E-state index contributed by atoms with van der Waals surface area (Å²) < 4.78 is 5.33. The van der Waals surface area contributed by atoms with Gasteiger partial charge < -0.3 is 9.84 Å². The van der Waals surface area contributed by atoms with Crippen LogP contribution in [0.2, 0.25) is 5.02 Å². The molecule has 1 heterocycles. The smallest absolute Gasteiger partial charge is 0.0594 e. The number of benzene rings is 1. The van der Waals surface area contributed by atoms with Crippen molar-refractivity contribution in [3.63, 3.8) is 0 Å². The second kappa shape index (κ2) is 6.53. The van der Waals surface area contributed by atoms with Gasteiger partial charge in [0.25, 0.3) is 0 Å². The maximum Gasteiger partial charge on any atom is 0.0594 e. The largest absolute Gasteiger partial charge is 0.393 e. The molecule has 2 rings (SSSR count). The number of nitrogens with zero attached hydrogens (tertiary/aromatic N) is 1. The lowest BCUT2D eigenvalue weighted by molar-refractivity contribution is 0.0342. The van der Waals surface area contributed by atoms with Gasteiger partial charge in [-0.15, -0.1) is 0 Å². The number of halogens is 1. The fourth-order valence-corrected chi connectivity index (χ4v) is 2.45. The van der Waals surface area contributed by atoms with Gasteiger partial charge in [0.15, 0.2) is 0 Å². The Hall–Kier alpha value is -0.610. The van der Waals surface area contributed by atoms with Crippen molar-refractivity contribution in [3.8, 4) is 0 Å². The van der Waals surface area contributed by atoms with Crippen LogP contribution in [0.15, 0.2) is 18.2 Å². The van der Waals surface area contributed by atoms with Crippen LogP contribution >= 0.6 is 11.6 Å². The molecule has 1 N–H and O–H groups in total. The number of aliphatic hydroxyl groups excluding tert-OH is 1. The Labute approximate surface area is 113 Å². The third-order valence-electron chi connectivity index (χ3n) is 3.15. The zero-order valence-electron chi connectivity index (χ0n) is 10.7. The van der Waals surface area contributed by atoms with Crippen molar-refractivity contribution < 1.29 is 9.84 Å². The van der Waals surface area contributed by atoms with Crippen LogP contribution in [0.25, 0.3) is 0 Å². The van der Waals surface area contributed by atoms with Gasteiger partial charge in [0.2, 0.25) is 0 Å². The van der Waals surface area contributed by atoms with E-state index in [1.807, 2.05) is 12.1 Å². The average molecular weight is 270 g/mol. The summed E-state index contributed by atoms with van der Waals surface area (Å²) in [6, 6.07) is 6.08. The monoisotopic (exact) mass is 269 g/mol. The second-order valence-corrected chi connectivity index (χ2v) is 5.27. The number of rotatable bonds is 4. The molecule has 0 saturated carbocycles. The van der Waals surface area contributed by atoms with Crippen LogP contribution in [0.1, 0.15) is 18.1 Å². The summed E-state index contributed by atoms with van der Waals surface area (Å²) >= 11 is 6.29. The van der Waals surface area contributed by atoms with Gasteiger partial charge in [0.05, 0.1) is 19.3 Å². The normalized spacial score (nSPS) is 18.8. The van der Waals surface area contributed by atoms with Gasteiger partial charge in [-0.05, 0) is 30.5 Å². The van der Waals surface area contributed by atoms with Gasteiger partial charge in [-0.2, -0.15) is 0 Å². The van der Waals surface area contributed by atoms with E-state index in [2.05, 4.69) is 11.0 Å². The number of ether oxygens (including phenoxy) is 1. The van der Waals surface area contributed by atoms with E-state index < -0.39 is 0 Å². The quantitative estimate of drug-likeness (QED) is 0.909. The molecule has 1 aromatic rings. The molecule has 0 spiro atoms. The highest BCUT2D eigenvalue weighted by atomic mass is 35.5. The molecule has 1 aliphatic heterocycles. The Bertz CT molecular complexity index is 389. The SMILES string of the molecule is CC(O)Cc1ccc(CN2CCOCC2)c(Cl)c1. The standard InChI is InChI=1S/C14H20ClNO2/c1-11(17)8-12-2-3-13(14(15)9-12)10-16-4-6-18-7-5-16/h2-3,9,11,17H,4-8,10H2,1H3. The zero-order valence-corrected chi connectivity index (χ0v) is 11.5. The maximum atomic E-state index is 9.36. The minimum atomic E-state index is -0.328. The minimum Gasteiger partial charge on any atom is -0.393 e. The molecule has 1 aliphatic rings. The molecule has 1 aromatic carbocycles. The predicted molar refractivity (Wildman–Crippen MR) is 72.9 cm³/mol. The van der Waals surface area contributed by atoms with E-state index in [9.17, 15) is 5.11 Å². The Balaban J connectivity index is 2.00. The van der Waals surface area contributed by atoms with Crippen molar-refractivity contribution in [1.82, 2.24) is 4.90 Å². The first kappa shape index (κ1) is 13.8. The summed E-state index contributed by atoms with van der Waals surface area (Å²) in [6.45, 7) is 6.19. The van der Waals surface area contributed by atoms with Crippen molar-refractivity contribution in [2.24, 2.45) is 0 Å². The zero-order chi connectivity index (χ0) is 13.0. The Morgan fingerprint density at radius 1 is 1.39 bits per heavy atom. The van der Waals surface area contributed by atoms with Gasteiger partial charge in [0.1, 0.15) is 0 Å². The molecule has 0 radical (unpaired) electrons. The van der Waals surface area contributed by atoms with Crippen molar-refractivity contribution in [3.05, 3.63) is 34.3 Å². The molecule has 1 saturated heterocycles. The number of aliphatic hydroxyl groups is 1. The van der Waals surface area contributed by atoms with Crippen molar-refractivity contribution in [2.75, 3.05) is 26.3 Å². The van der Waals surface area contributed by atoms with Gasteiger partial charge in [-0.25, -0.2) is 0 Å². The van der Waals surface area contributed by atoms with Gasteiger partial charge in [0, 0.05) is 24.7 Å². The predicted octanol–water partition coefficient (Wildman–Crippen LogP) is 2.10. The lowest BCUT2D eigenvalue weighted by atomic mass is 10.1. The van der Waals surface area contributed by atoms with E-state index in [0.29, 0.717) is 6.42 Å². The highest BCUT2D eigenvalue weighted by Gasteiger charge is 2.12. The molecule has 100 valence electrons. The van der Waals surface area contributed by atoms with Crippen LogP contribution in [0.5, 0.6) is 0 Å². The second-order valence-electron chi connectivity index (χ2n) is 4.87. The van der Waals surface area contributed by atoms with E-state index in [1.54, 1.807) is 6.92 Å². The molecular weight excluding hydrogens is 250 g/mol. The van der Waals surface area contributed by atoms with Gasteiger partial charge >= 0.3 is 0 Å². The first-order chi connectivity index (χ1) is 8.65. The first-order valence-corrected chi connectivity index (χ1v) is 6.78. The van der Waals surface area contributed by atoms with Crippen LogP contribution in [-0.2, 0) is 17.7 Å². The van der Waals surface area contributed by atoms with E-state index in [1.165, 1.54) is 0 Å². The van der Waals surface area contributed by atoms with E-state index in [4.69, 9.17) is 16.3 Å². The summed E-state index contributed by atoms with van der Waals surface area (Å²) in [6.07, 6.45) is 0.323. The lowest BCUT2D eigenvalue weighted by Gasteiger charge is -2.27. The van der Waals surface area contributed by atoms with Crippen molar-refractivity contribution in [2.45, 2.75) is 26.0 Å². The van der Waals surface area contributed by atoms with E-state index in [0.717, 1.165) is 49.0 Å². The van der Waals surface area contributed by atoms with E-state index in [-0.39, 0.29) is 6.10 Å². The Morgan fingerprint density at radius 2 is 2.11 bits per heavy atom. The summed E-state index contributed by atoms with van der Waals surface area (Å²) in [7, 11) is 0. The third-order valence-corrected chi connectivity index (χ3v) is 3.50. The molecule has 18 heavy (non-hydrogen) atoms. The van der Waals surface area contributed by atoms with E-state index >= 15 is 0 Å². The van der Waals surface area contributed by atoms with Crippen molar-refractivity contribution in [1.29, 1.82) is 0 Å². The van der Waals surface area contributed by atoms with Crippen LogP contribution in [0, 0.1) is 0 Å².